The highest BCUT2D eigenvalue weighted by molar-refractivity contribution is 5.31. The fourth-order valence-corrected chi connectivity index (χ4v) is 1.90. The number of aliphatic hydroxyl groups is 2. The van der Waals surface area contributed by atoms with Crippen LogP contribution in [-0.2, 0) is 5.60 Å². The van der Waals surface area contributed by atoms with Crippen molar-refractivity contribution < 1.29 is 36.6 Å². The zero-order valence-corrected chi connectivity index (χ0v) is 11.0. The highest BCUT2D eigenvalue weighted by atomic mass is 19.4. The summed E-state index contributed by atoms with van der Waals surface area (Å²) in [6, 6.07) is 3.37. The third-order valence-electron chi connectivity index (χ3n) is 3.28. The van der Waals surface area contributed by atoms with E-state index < -0.39 is 23.5 Å². The minimum Gasteiger partial charge on any atom is -0.396 e. The Morgan fingerprint density at radius 1 is 0.952 bits per heavy atom. The van der Waals surface area contributed by atoms with E-state index in [2.05, 4.69) is 0 Å². The average molecular weight is 316 g/mol. The quantitative estimate of drug-likeness (QED) is 0.835. The van der Waals surface area contributed by atoms with Gasteiger partial charge in [-0.3, -0.25) is 0 Å². The highest BCUT2D eigenvalue weighted by Crippen LogP contribution is 2.50. The number of aliphatic hydroxyl groups excluding tert-OH is 1. The third-order valence-corrected chi connectivity index (χ3v) is 3.28. The molecule has 1 unspecified atom stereocenters. The molecule has 1 atom stereocenters. The van der Waals surface area contributed by atoms with Crippen molar-refractivity contribution in [2.75, 3.05) is 6.61 Å². The summed E-state index contributed by atoms with van der Waals surface area (Å²) in [5, 5.41) is 18.0. The van der Waals surface area contributed by atoms with E-state index in [0.29, 0.717) is 24.1 Å². The van der Waals surface area contributed by atoms with Gasteiger partial charge in [-0.2, -0.15) is 26.3 Å². The number of benzene rings is 1. The van der Waals surface area contributed by atoms with E-state index in [9.17, 15) is 31.4 Å². The van der Waals surface area contributed by atoms with E-state index in [1.807, 2.05) is 0 Å². The lowest BCUT2D eigenvalue weighted by atomic mass is 9.89. The van der Waals surface area contributed by atoms with Gasteiger partial charge in [-0.15, -0.1) is 0 Å². The van der Waals surface area contributed by atoms with Gasteiger partial charge in [-0.1, -0.05) is 31.2 Å². The van der Waals surface area contributed by atoms with E-state index in [1.165, 1.54) is 0 Å². The molecule has 8 heteroatoms. The number of hydrogen-bond acceptors (Lipinski definition) is 2. The van der Waals surface area contributed by atoms with Gasteiger partial charge in [0.05, 0.1) is 0 Å². The van der Waals surface area contributed by atoms with Crippen LogP contribution in [0, 0.1) is 0 Å². The van der Waals surface area contributed by atoms with Gasteiger partial charge in [0.1, 0.15) is 0 Å². The van der Waals surface area contributed by atoms with Crippen molar-refractivity contribution in [3.05, 3.63) is 35.4 Å². The van der Waals surface area contributed by atoms with Gasteiger partial charge in [0.25, 0.3) is 5.60 Å². The van der Waals surface area contributed by atoms with E-state index in [4.69, 9.17) is 5.11 Å². The zero-order valence-electron chi connectivity index (χ0n) is 11.0. The maximum Gasteiger partial charge on any atom is 0.430 e. The number of hydrogen-bond donors (Lipinski definition) is 2. The number of rotatable bonds is 4. The molecule has 120 valence electrons. The summed E-state index contributed by atoms with van der Waals surface area (Å²) < 4.78 is 76.0. The molecule has 0 saturated heterocycles. The first kappa shape index (κ1) is 17.8. The Bertz CT molecular complexity index is 449. The molecule has 0 amide bonds. The number of halogens is 6. The maximum absolute atomic E-state index is 12.7. The molecule has 21 heavy (non-hydrogen) atoms. The second kappa shape index (κ2) is 5.84. The van der Waals surface area contributed by atoms with Crippen molar-refractivity contribution in [1.29, 1.82) is 0 Å². The molecule has 0 aliphatic rings. The Balaban J connectivity index is 3.24. The standard InChI is InChI=1S/C13H14F6O2/c1-8(6-7-20)9-2-4-10(5-3-9)11(21,12(14,15)16)13(17,18)19/h2-5,8,20-21H,6-7H2,1H3. The SMILES string of the molecule is CC(CCO)c1ccc(C(O)(C(F)(F)F)C(F)(F)F)cc1. The monoisotopic (exact) mass is 316 g/mol. The molecule has 0 aliphatic heterocycles. The van der Waals surface area contributed by atoms with Crippen LogP contribution in [-0.4, -0.2) is 29.2 Å². The van der Waals surface area contributed by atoms with Crippen LogP contribution in [0.5, 0.6) is 0 Å². The molecule has 0 radical (unpaired) electrons. The van der Waals surface area contributed by atoms with E-state index >= 15 is 0 Å². The van der Waals surface area contributed by atoms with Crippen LogP contribution in [0.1, 0.15) is 30.4 Å². The van der Waals surface area contributed by atoms with E-state index in [0.717, 1.165) is 12.1 Å². The van der Waals surface area contributed by atoms with Gasteiger partial charge >= 0.3 is 12.4 Å². The Hall–Kier alpha value is -1.28. The molecule has 0 spiro atoms. The predicted molar refractivity (Wildman–Crippen MR) is 62.6 cm³/mol. The molecular formula is C13H14F6O2. The molecule has 1 rings (SSSR count). The minimum atomic E-state index is -5.89. The Kier molecular flexibility index (Phi) is 4.94. The summed E-state index contributed by atoms with van der Waals surface area (Å²) in [6.07, 6.45) is -11.4. The van der Waals surface area contributed by atoms with Gasteiger partial charge in [-0.05, 0) is 17.9 Å². The van der Waals surface area contributed by atoms with Gasteiger partial charge in [0.15, 0.2) is 0 Å². The second-order valence-corrected chi connectivity index (χ2v) is 4.74. The van der Waals surface area contributed by atoms with Crippen LogP contribution >= 0.6 is 0 Å². The summed E-state index contributed by atoms with van der Waals surface area (Å²) in [6.45, 7) is 1.52. The molecule has 1 aromatic rings. The lowest BCUT2D eigenvalue weighted by Crippen LogP contribution is -2.53. The smallest absolute Gasteiger partial charge is 0.396 e. The summed E-state index contributed by atoms with van der Waals surface area (Å²) in [5.74, 6) is -0.228. The van der Waals surface area contributed by atoms with Gasteiger partial charge < -0.3 is 10.2 Å². The van der Waals surface area contributed by atoms with Crippen LogP contribution in [0.4, 0.5) is 26.3 Å². The normalized spacial score (nSPS) is 15.1. The fourth-order valence-electron chi connectivity index (χ4n) is 1.90. The first-order chi connectivity index (χ1) is 9.45. The summed E-state index contributed by atoms with van der Waals surface area (Å²) >= 11 is 0. The summed E-state index contributed by atoms with van der Waals surface area (Å²) in [5.41, 5.74) is -5.72. The first-order valence-electron chi connectivity index (χ1n) is 6.02. The van der Waals surface area contributed by atoms with Crippen molar-refractivity contribution in [1.82, 2.24) is 0 Å². The molecule has 0 bridgehead atoms. The van der Waals surface area contributed by atoms with Gasteiger partial charge in [0.2, 0.25) is 0 Å². The second-order valence-electron chi connectivity index (χ2n) is 4.74. The molecule has 0 heterocycles. The highest BCUT2D eigenvalue weighted by Gasteiger charge is 2.71. The lowest BCUT2D eigenvalue weighted by Gasteiger charge is -2.32. The van der Waals surface area contributed by atoms with Crippen LogP contribution in [0.25, 0.3) is 0 Å². The molecule has 0 saturated carbocycles. The topological polar surface area (TPSA) is 40.5 Å². The van der Waals surface area contributed by atoms with Crippen LogP contribution in [0.2, 0.25) is 0 Å². The van der Waals surface area contributed by atoms with Crippen molar-refractivity contribution in [2.24, 2.45) is 0 Å². The molecule has 0 aromatic heterocycles. The maximum atomic E-state index is 12.7. The van der Waals surface area contributed by atoms with Crippen molar-refractivity contribution in [3.63, 3.8) is 0 Å². The molecule has 2 N–H and O–H groups in total. The fraction of sp³-hybridized carbons (Fsp3) is 0.538. The Labute approximate surface area is 117 Å². The van der Waals surface area contributed by atoms with E-state index in [-0.39, 0.29) is 12.5 Å². The first-order valence-corrected chi connectivity index (χ1v) is 6.02. The van der Waals surface area contributed by atoms with Gasteiger partial charge in [-0.25, -0.2) is 0 Å². The molecule has 1 aromatic carbocycles. The van der Waals surface area contributed by atoms with E-state index in [1.54, 1.807) is 6.92 Å². The minimum absolute atomic E-state index is 0.155. The summed E-state index contributed by atoms with van der Waals surface area (Å²) in [7, 11) is 0. The van der Waals surface area contributed by atoms with Crippen LogP contribution in [0.3, 0.4) is 0 Å². The largest absolute Gasteiger partial charge is 0.430 e. The third kappa shape index (κ3) is 3.32. The average Bonchev–Trinajstić information content (AvgIpc) is 2.35. The Morgan fingerprint density at radius 3 is 1.71 bits per heavy atom. The predicted octanol–water partition coefficient (Wildman–Crippen LogP) is 3.48. The molecule has 2 nitrogen and oxygen atoms in total. The molecule has 0 fully saturated rings. The van der Waals surface area contributed by atoms with Crippen molar-refractivity contribution in [2.45, 2.75) is 37.2 Å². The van der Waals surface area contributed by atoms with Crippen LogP contribution < -0.4 is 0 Å². The Morgan fingerprint density at radius 2 is 1.38 bits per heavy atom. The van der Waals surface area contributed by atoms with Crippen molar-refractivity contribution in [3.8, 4) is 0 Å². The molecular weight excluding hydrogens is 302 g/mol. The lowest BCUT2D eigenvalue weighted by molar-refractivity contribution is -0.376. The summed E-state index contributed by atoms with van der Waals surface area (Å²) in [4.78, 5) is 0. The zero-order chi connectivity index (χ0) is 16.5. The van der Waals surface area contributed by atoms with Gasteiger partial charge in [0, 0.05) is 12.2 Å². The molecule has 0 aliphatic carbocycles. The van der Waals surface area contributed by atoms with Crippen LogP contribution in [0.15, 0.2) is 24.3 Å². The van der Waals surface area contributed by atoms with Crippen molar-refractivity contribution >= 4 is 0 Å². The number of alkyl halides is 6.